The lowest BCUT2D eigenvalue weighted by Gasteiger charge is -2.27. The van der Waals surface area contributed by atoms with Crippen LogP contribution in [0.15, 0.2) is 18.2 Å². The molecule has 0 unspecified atom stereocenters. The van der Waals surface area contributed by atoms with E-state index in [-0.39, 0.29) is 5.82 Å². The predicted molar refractivity (Wildman–Crippen MR) is 92.1 cm³/mol. The number of rotatable bonds is 4. The molecule has 0 bridgehead atoms. The van der Waals surface area contributed by atoms with Gasteiger partial charge in [-0.25, -0.2) is 9.97 Å². The van der Waals surface area contributed by atoms with Gasteiger partial charge in [-0.2, -0.15) is 16.3 Å². The van der Waals surface area contributed by atoms with Gasteiger partial charge in [0.05, 0.1) is 6.20 Å². The summed E-state index contributed by atoms with van der Waals surface area (Å²) in [4.78, 5) is 21.0. The number of thiazole rings is 1. The van der Waals surface area contributed by atoms with Crippen LogP contribution in [0.25, 0.3) is 17.0 Å². The van der Waals surface area contributed by atoms with E-state index in [4.69, 9.17) is 5.41 Å². The summed E-state index contributed by atoms with van der Waals surface area (Å²) in [5.41, 5.74) is 0.568. The maximum absolute atomic E-state index is 11.0. The highest BCUT2D eigenvalue weighted by molar-refractivity contribution is 7.99. The third-order valence-electron chi connectivity index (χ3n) is 3.41. The zero-order valence-electron chi connectivity index (χ0n) is 12.1. The van der Waals surface area contributed by atoms with Crippen molar-refractivity contribution in [3.8, 4) is 10.8 Å². The molecule has 0 atom stereocenters. The van der Waals surface area contributed by atoms with Gasteiger partial charge in [-0.3, -0.25) is 5.41 Å². The quantitative estimate of drug-likeness (QED) is 0.393. The van der Waals surface area contributed by atoms with Crippen LogP contribution in [0.5, 0.6) is 0 Å². The molecule has 120 valence electrons. The zero-order valence-corrected chi connectivity index (χ0v) is 13.8. The molecular formula is C13H14N6O2S2. The number of nitro groups is 1. The third kappa shape index (κ3) is 2.99. The predicted octanol–water partition coefficient (Wildman–Crippen LogP) is 2.39. The van der Waals surface area contributed by atoms with E-state index in [9.17, 15) is 10.1 Å². The molecule has 2 aromatic rings. The second-order valence-corrected chi connectivity index (χ2v) is 6.82. The fraction of sp³-hybridized carbons (Fsp3) is 0.308. The Kier molecular flexibility index (Phi) is 4.44. The molecule has 1 saturated heterocycles. The van der Waals surface area contributed by atoms with Gasteiger partial charge in [0.15, 0.2) is 5.01 Å². The van der Waals surface area contributed by atoms with Crippen molar-refractivity contribution < 1.29 is 4.92 Å². The molecule has 1 N–H and O–H groups in total. The van der Waals surface area contributed by atoms with E-state index < -0.39 is 4.92 Å². The van der Waals surface area contributed by atoms with Crippen molar-refractivity contribution in [3.63, 3.8) is 0 Å². The van der Waals surface area contributed by atoms with Crippen LogP contribution >= 0.6 is 23.1 Å². The molecule has 23 heavy (non-hydrogen) atoms. The molecule has 1 aliphatic rings. The van der Waals surface area contributed by atoms with Crippen LogP contribution in [0, 0.1) is 15.5 Å². The van der Waals surface area contributed by atoms with Gasteiger partial charge in [0.1, 0.15) is 17.7 Å². The smallest absolute Gasteiger partial charge is 0.347 e. The van der Waals surface area contributed by atoms with Gasteiger partial charge in [-0.15, -0.1) is 11.3 Å². The molecule has 2 aromatic heterocycles. The van der Waals surface area contributed by atoms with Gasteiger partial charge in [0.25, 0.3) is 5.82 Å². The van der Waals surface area contributed by atoms with Gasteiger partial charge in [-0.05, 0) is 4.92 Å². The fourth-order valence-electron chi connectivity index (χ4n) is 2.26. The third-order valence-corrected chi connectivity index (χ3v) is 5.19. The molecule has 3 heterocycles. The minimum absolute atomic E-state index is 0.158. The Morgan fingerprint density at radius 3 is 2.87 bits per heavy atom. The van der Waals surface area contributed by atoms with Crippen LogP contribution in [-0.2, 0) is 0 Å². The van der Waals surface area contributed by atoms with Crippen molar-refractivity contribution >= 4 is 41.0 Å². The van der Waals surface area contributed by atoms with Crippen molar-refractivity contribution in [1.82, 2.24) is 19.4 Å². The molecular weight excluding hydrogens is 336 g/mol. The van der Waals surface area contributed by atoms with Crippen molar-refractivity contribution in [2.45, 2.75) is 0 Å². The van der Waals surface area contributed by atoms with Crippen LogP contribution in [0.4, 0.5) is 5.82 Å². The molecule has 8 nitrogen and oxygen atoms in total. The molecule has 1 fully saturated rings. The summed E-state index contributed by atoms with van der Waals surface area (Å²) in [6.07, 6.45) is 2.53. The van der Waals surface area contributed by atoms with Crippen LogP contribution in [0.3, 0.4) is 0 Å². The van der Waals surface area contributed by atoms with Crippen LogP contribution in [-0.4, -0.2) is 54.8 Å². The van der Waals surface area contributed by atoms with Gasteiger partial charge >= 0.3 is 5.82 Å². The Morgan fingerprint density at radius 1 is 1.48 bits per heavy atom. The number of thioether (sulfide) groups is 1. The first-order valence-electron chi connectivity index (χ1n) is 6.83. The molecule has 0 aliphatic carbocycles. The average molecular weight is 350 g/mol. The summed E-state index contributed by atoms with van der Waals surface area (Å²) in [5.74, 6) is 2.61. The Morgan fingerprint density at radius 2 is 2.22 bits per heavy atom. The SMILES string of the molecule is C=Cn1c([N+](=O)[O-])cnc1-c1nc(C(=N)N2CCSCC2)cs1. The first kappa shape index (κ1) is 15.7. The fourth-order valence-corrected chi connectivity index (χ4v) is 3.96. The molecule has 0 amide bonds. The molecule has 0 radical (unpaired) electrons. The highest BCUT2D eigenvalue weighted by Crippen LogP contribution is 2.27. The van der Waals surface area contributed by atoms with E-state index >= 15 is 0 Å². The number of nitrogens with one attached hydrogen (secondary N) is 1. The lowest BCUT2D eigenvalue weighted by Crippen LogP contribution is -2.38. The van der Waals surface area contributed by atoms with Crippen molar-refractivity contribution in [2.24, 2.45) is 0 Å². The largest absolute Gasteiger partial charge is 0.358 e. The van der Waals surface area contributed by atoms with Gasteiger partial charge < -0.3 is 15.0 Å². The number of amidine groups is 1. The summed E-state index contributed by atoms with van der Waals surface area (Å²) < 4.78 is 1.30. The minimum atomic E-state index is -0.514. The van der Waals surface area contributed by atoms with Crippen LogP contribution in [0.1, 0.15) is 5.69 Å². The van der Waals surface area contributed by atoms with E-state index in [2.05, 4.69) is 16.5 Å². The highest BCUT2D eigenvalue weighted by Gasteiger charge is 2.24. The maximum atomic E-state index is 11.0. The first-order chi connectivity index (χ1) is 11.1. The summed E-state index contributed by atoms with van der Waals surface area (Å²) in [6, 6.07) is 0. The van der Waals surface area contributed by atoms with E-state index in [0.29, 0.717) is 22.4 Å². The Hall–Kier alpha value is -2.20. The lowest BCUT2D eigenvalue weighted by molar-refractivity contribution is -0.390. The zero-order chi connectivity index (χ0) is 16.4. The summed E-state index contributed by atoms with van der Waals surface area (Å²) in [7, 11) is 0. The standard InChI is InChI=1S/C13H14N6O2S2/c1-2-18-10(19(20)21)7-15-12(18)13-16-9(8-23-13)11(14)17-3-5-22-6-4-17/h2,7-8,14H,1,3-6H2. The van der Waals surface area contributed by atoms with Crippen molar-refractivity contribution in [3.05, 3.63) is 34.0 Å². The Bertz CT molecular complexity index is 762. The van der Waals surface area contributed by atoms with Gasteiger partial charge in [-0.1, -0.05) is 6.58 Å². The molecule has 10 heteroatoms. The molecule has 3 rings (SSSR count). The first-order valence-corrected chi connectivity index (χ1v) is 8.87. The topological polar surface area (TPSA) is 101 Å². The lowest BCUT2D eigenvalue weighted by atomic mass is 10.3. The molecule has 1 aliphatic heterocycles. The second kappa shape index (κ2) is 6.50. The monoisotopic (exact) mass is 350 g/mol. The van der Waals surface area contributed by atoms with Gasteiger partial charge in [0.2, 0.25) is 0 Å². The minimum Gasteiger partial charge on any atom is -0.358 e. The number of hydrogen-bond donors (Lipinski definition) is 1. The highest BCUT2D eigenvalue weighted by atomic mass is 32.2. The van der Waals surface area contributed by atoms with E-state index in [1.807, 2.05) is 16.7 Å². The average Bonchev–Trinajstić information content (AvgIpc) is 3.21. The van der Waals surface area contributed by atoms with E-state index in [1.54, 1.807) is 5.38 Å². The molecule has 0 spiro atoms. The van der Waals surface area contributed by atoms with E-state index in [0.717, 1.165) is 24.6 Å². The van der Waals surface area contributed by atoms with Crippen molar-refractivity contribution in [1.29, 1.82) is 5.41 Å². The second-order valence-electron chi connectivity index (χ2n) is 4.74. The Balaban J connectivity index is 1.88. The van der Waals surface area contributed by atoms with E-state index in [1.165, 1.54) is 28.3 Å². The Labute approximate surface area is 140 Å². The molecule has 0 saturated carbocycles. The van der Waals surface area contributed by atoms with Gasteiger partial charge in [0, 0.05) is 30.0 Å². The number of aromatic nitrogens is 3. The summed E-state index contributed by atoms with van der Waals surface area (Å²) in [5, 5.41) is 21.6. The molecule has 0 aromatic carbocycles. The van der Waals surface area contributed by atoms with Crippen molar-refractivity contribution in [2.75, 3.05) is 24.6 Å². The number of hydrogen-bond acceptors (Lipinski definition) is 7. The summed E-state index contributed by atoms with van der Waals surface area (Å²) in [6.45, 7) is 5.26. The van der Waals surface area contributed by atoms with Crippen LogP contribution < -0.4 is 0 Å². The number of nitrogens with zero attached hydrogens (tertiary/aromatic N) is 5. The summed E-state index contributed by atoms with van der Waals surface area (Å²) >= 11 is 3.19. The number of imidazole rings is 1. The maximum Gasteiger partial charge on any atom is 0.347 e. The normalized spacial score (nSPS) is 14.7. The van der Waals surface area contributed by atoms with Crippen LogP contribution in [0.2, 0.25) is 0 Å².